The lowest BCUT2D eigenvalue weighted by atomic mass is 10.1. The molecule has 0 saturated heterocycles. The smallest absolute Gasteiger partial charge is 0.279 e. The van der Waals surface area contributed by atoms with Crippen LogP contribution in [0.5, 0.6) is 5.75 Å². The fraction of sp³-hybridized carbons (Fsp3) is 0.364. The summed E-state index contributed by atoms with van der Waals surface area (Å²) >= 11 is 0. The number of hydrogen-bond acceptors (Lipinski definition) is 4. The number of nitrogens with one attached hydrogen (secondary N) is 2. The molecule has 156 valence electrons. The van der Waals surface area contributed by atoms with E-state index >= 15 is 0 Å². The van der Waals surface area contributed by atoms with E-state index in [2.05, 4.69) is 29.6 Å². The number of anilines is 1. The van der Waals surface area contributed by atoms with Crippen molar-refractivity contribution in [3.05, 3.63) is 59.9 Å². The van der Waals surface area contributed by atoms with Crippen molar-refractivity contribution in [1.29, 1.82) is 0 Å². The fourth-order valence-electron chi connectivity index (χ4n) is 2.72. The van der Waals surface area contributed by atoms with Crippen LogP contribution in [0.1, 0.15) is 44.0 Å². The van der Waals surface area contributed by atoms with Crippen LogP contribution in [-0.2, 0) is 4.79 Å². The third kappa shape index (κ3) is 6.48. The minimum atomic E-state index is -0.980. The molecule has 6 nitrogen and oxygen atoms in total. The molecule has 1 unspecified atom stereocenters. The van der Waals surface area contributed by atoms with Crippen molar-refractivity contribution in [2.45, 2.75) is 39.7 Å². The number of hydrogen-bond donors (Lipinski definition) is 2. The van der Waals surface area contributed by atoms with Gasteiger partial charge in [0, 0.05) is 24.3 Å². The maximum absolute atomic E-state index is 13.6. The summed E-state index contributed by atoms with van der Waals surface area (Å²) in [5, 5.41) is 0. The predicted octanol–water partition coefficient (Wildman–Crippen LogP) is 3.68. The average molecular weight is 401 g/mol. The highest BCUT2D eigenvalue weighted by atomic mass is 19.1. The summed E-state index contributed by atoms with van der Waals surface area (Å²) in [7, 11) is 0. The van der Waals surface area contributed by atoms with Crippen molar-refractivity contribution >= 4 is 17.5 Å². The Balaban J connectivity index is 1.88. The number of carbonyl (C=O) groups is 2. The van der Waals surface area contributed by atoms with Gasteiger partial charge in [0.05, 0.1) is 0 Å². The highest BCUT2D eigenvalue weighted by molar-refractivity contribution is 5.96. The quantitative estimate of drug-likeness (QED) is 0.629. The Morgan fingerprint density at radius 2 is 1.76 bits per heavy atom. The number of ether oxygens (including phenoxy) is 1. The normalized spacial score (nSPS) is 11.4. The van der Waals surface area contributed by atoms with Crippen molar-refractivity contribution < 1.29 is 18.7 Å². The third-order valence-corrected chi connectivity index (χ3v) is 4.47. The first kappa shape index (κ1) is 22.2. The largest absolute Gasteiger partial charge is 0.478 e. The molecule has 2 rings (SSSR count). The standard InChI is InChI=1S/C22H28FN3O3/c1-4-6-15-26(5-2)18-13-11-17(12-14-18)22(28)25-24-21(27)16(3)29-20-10-8-7-9-19(20)23/h7-14,16H,4-6,15H2,1-3H3,(H,24,27)(H,25,28). The molecular weight excluding hydrogens is 373 g/mol. The van der Waals surface area contributed by atoms with Gasteiger partial charge >= 0.3 is 0 Å². The summed E-state index contributed by atoms with van der Waals surface area (Å²) in [6, 6.07) is 13.0. The van der Waals surface area contributed by atoms with Crippen LogP contribution in [0, 0.1) is 5.82 Å². The Morgan fingerprint density at radius 3 is 2.38 bits per heavy atom. The van der Waals surface area contributed by atoms with Gasteiger partial charge in [0.15, 0.2) is 17.7 Å². The second-order valence-corrected chi connectivity index (χ2v) is 6.61. The Bertz CT molecular complexity index is 811. The van der Waals surface area contributed by atoms with Crippen molar-refractivity contribution in [3.63, 3.8) is 0 Å². The van der Waals surface area contributed by atoms with E-state index < -0.39 is 23.7 Å². The molecule has 7 heteroatoms. The molecule has 0 heterocycles. The van der Waals surface area contributed by atoms with Gasteiger partial charge in [-0.15, -0.1) is 0 Å². The molecule has 1 atom stereocenters. The lowest BCUT2D eigenvalue weighted by Gasteiger charge is -2.23. The fourth-order valence-corrected chi connectivity index (χ4v) is 2.72. The summed E-state index contributed by atoms with van der Waals surface area (Å²) in [5.74, 6) is -1.62. The van der Waals surface area contributed by atoms with Gasteiger partial charge in [-0.2, -0.15) is 0 Å². The van der Waals surface area contributed by atoms with Crippen LogP contribution >= 0.6 is 0 Å². The van der Waals surface area contributed by atoms with Gasteiger partial charge in [0.1, 0.15) is 0 Å². The monoisotopic (exact) mass is 401 g/mol. The van der Waals surface area contributed by atoms with Gasteiger partial charge in [0.2, 0.25) is 0 Å². The molecule has 0 fully saturated rings. The zero-order chi connectivity index (χ0) is 21.2. The van der Waals surface area contributed by atoms with E-state index in [1.165, 1.54) is 25.1 Å². The van der Waals surface area contributed by atoms with Crippen molar-refractivity contribution in [2.75, 3.05) is 18.0 Å². The van der Waals surface area contributed by atoms with Crippen LogP contribution < -0.4 is 20.5 Å². The molecular formula is C22H28FN3O3. The number of carbonyl (C=O) groups excluding carboxylic acids is 2. The molecule has 0 bridgehead atoms. The summed E-state index contributed by atoms with van der Waals surface area (Å²) < 4.78 is 18.9. The predicted molar refractivity (Wildman–Crippen MR) is 111 cm³/mol. The van der Waals surface area contributed by atoms with E-state index in [0.29, 0.717) is 5.56 Å². The average Bonchev–Trinajstić information content (AvgIpc) is 2.74. The van der Waals surface area contributed by atoms with Crippen molar-refractivity contribution in [2.24, 2.45) is 0 Å². The Hall–Kier alpha value is -3.09. The number of para-hydroxylation sites is 1. The van der Waals surface area contributed by atoms with Crippen LogP contribution in [-0.4, -0.2) is 31.0 Å². The third-order valence-electron chi connectivity index (χ3n) is 4.47. The number of halogens is 1. The summed E-state index contributed by atoms with van der Waals surface area (Å²) in [6.07, 6.45) is 1.25. The number of hydrazine groups is 1. The molecule has 0 aliphatic heterocycles. The molecule has 0 aliphatic carbocycles. The molecule has 0 radical (unpaired) electrons. The molecule has 0 spiro atoms. The maximum Gasteiger partial charge on any atom is 0.279 e. The number of amides is 2. The molecule has 0 aliphatic rings. The van der Waals surface area contributed by atoms with Crippen molar-refractivity contribution in [1.82, 2.24) is 10.9 Å². The number of benzene rings is 2. The van der Waals surface area contributed by atoms with Crippen LogP contribution in [0.4, 0.5) is 10.1 Å². The van der Waals surface area contributed by atoms with E-state index in [1.54, 1.807) is 18.2 Å². The Labute approximate surface area is 171 Å². The number of rotatable bonds is 9. The van der Waals surface area contributed by atoms with Crippen LogP contribution in [0.2, 0.25) is 0 Å². The first-order chi connectivity index (χ1) is 14.0. The number of unbranched alkanes of at least 4 members (excludes halogenated alkanes) is 1. The van der Waals surface area contributed by atoms with E-state index in [4.69, 9.17) is 4.74 Å². The highest BCUT2D eigenvalue weighted by Crippen LogP contribution is 2.17. The molecule has 2 amide bonds. The zero-order valence-corrected chi connectivity index (χ0v) is 17.1. The second kappa shape index (κ2) is 11.0. The highest BCUT2D eigenvalue weighted by Gasteiger charge is 2.17. The van der Waals surface area contributed by atoms with E-state index in [9.17, 15) is 14.0 Å². The molecule has 0 aromatic heterocycles. The van der Waals surface area contributed by atoms with E-state index in [-0.39, 0.29) is 5.75 Å². The first-order valence-electron chi connectivity index (χ1n) is 9.82. The molecule has 29 heavy (non-hydrogen) atoms. The van der Waals surface area contributed by atoms with Crippen LogP contribution in [0.3, 0.4) is 0 Å². The molecule has 2 aromatic rings. The molecule has 0 saturated carbocycles. The van der Waals surface area contributed by atoms with Gasteiger partial charge in [0.25, 0.3) is 11.8 Å². The SMILES string of the molecule is CCCCN(CC)c1ccc(C(=O)NNC(=O)C(C)Oc2ccccc2F)cc1. The lowest BCUT2D eigenvalue weighted by Crippen LogP contribution is -2.47. The Kier molecular flexibility index (Phi) is 8.45. The van der Waals surface area contributed by atoms with Crippen LogP contribution in [0.25, 0.3) is 0 Å². The summed E-state index contributed by atoms with van der Waals surface area (Å²) in [4.78, 5) is 26.6. The second-order valence-electron chi connectivity index (χ2n) is 6.61. The Morgan fingerprint density at radius 1 is 1.07 bits per heavy atom. The summed E-state index contributed by atoms with van der Waals surface area (Å²) in [5.41, 5.74) is 6.12. The summed E-state index contributed by atoms with van der Waals surface area (Å²) in [6.45, 7) is 7.57. The van der Waals surface area contributed by atoms with Gasteiger partial charge in [-0.05, 0) is 56.7 Å². The van der Waals surface area contributed by atoms with E-state index in [0.717, 1.165) is 31.6 Å². The topological polar surface area (TPSA) is 70.7 Å². The minimum Gasteiger partial charge on any atom is -0.478 e. The lowest BCUT2D eigenvalue weighted by molar-refractivity contribution is -0.128. The van der Waals surface area contributed by atoms with E-state index in [1.807, 2.05) is 12.1 Å². The molecule has 2 aromatic carbocycles. The first-order valence-corrected chi connectivity index (χ1v) is 9.82. The maximum atomic E-state index is 13.6. The van der Waals surface area contributed by atoms with Gasteiger partial charge in [-0.25, -0.2) is 4.39 Å². The van der Waals surface area contributed by atoms with Crippen LogP contribution in [0.15, 0.2) is 48.5 Å². The molecule has 2 N–H and O–H groups in total. The van der Waals surface area contributed by atoms with Gasteiger partial charge < -0.3 is 9.64 Å². The minimum absolute atomic E-state index is 0.0272. The van der Waals surface area contributed by atoms with Gasteiger partial charge in [-0.3, -0.25) is 20.4 Å². The van der Waals surface area contributed by atoms with Gasteiger partial charge in [-0.1, -0.05) is 25.5 Å². The number of nitrogens with zero attached hydrogens (tertiary/aromatic N) is 1. The van der Waals surface area contributed by atoms with Crippen molar-refractivity contribution in [3.8, 4) is 5.75 Å². The zero-order valence-electron chi connectivity index (χ0n) is 17.1.